The predicted octanol–water partition coefficient (Wildman–Crippen LogP) is 3.69. The average molecular weight is 443 g/mol. The predicted molar refractivity (Wildman–Crippen MR) is 123 cm³/mol. The summed E-state index contributed by atoms with van der Waals surface area (Å²) in [5, 5.41) is 2.99. The highest BCUT2D eigenvalue weighted by Gasteiger charge is 2.25. The van der Waals surface area contributed by atoms with Gasteiger partial charge in [0.1, 0.15) is 23.1 Å². The summed E-state index contributed by atoms with van der Waals surface area (Å²) in [5.41, 5.74) is 3.04. The molecular weight excluding hydrogens is 411 g/mol. The second-order valence-electron chi connectivity index (χ2n) is 7.72. The van der Waals surface area contributed by atoms with Crippen LogP contribution in [0.1, 0.15) is 24.5 Å². The van der Waals surface area contributed by atoms with Gasteiger partial charge in [0, 0.05) is 31.8 Å². The number of methoxy groups -OCH3 is 3. The van der Waals surface area contributed by atoms with Crippen molar-refractivity contribution >= 4 is 11.5 Å². The Kier molecular flexibility index (Phi) is 8.11. The molecule has 0 saturated carbocycles. The molecule has 0 bridgehead atoms. The molecule has 1 aliphatic heterocycles. The number of rotatable bonds is 9. The van der Waals surface area contributed by atoms with Crippen LogP contribution in [0.5, 0.6) is 17.2 Å². The molecule has 1 aliphatic rings. The largest absolute Gasteiger partial charge is 0.496 e. The second kappa shape index (κ2) is 11.0. The van der Waals surface area contributed by atoms with Crippen LogP contribution in [-0.4, -0.2) is 57.8 Å². The summed E-state index contributed by atoms with van der Waals surface area (Å²) in [7, 11) is 4.87. The maximum absolute atomic E-state index is 13.0. The van der Waals surface area contributed by atoms with E-state index in [9.17, 15) is 9.18 Å². The second-order valence-corrected chi connectivity index (χ2v) is 7.72. The Morgan fingerprint density at radius 2 is 1.75 bits per heavy atom. The van der Waals surface area contributed by atoms with E-state index in [-0.39, 0.29) is 17.8 Å². The van der Waals surface area contributed by atoms with Gasteiger partial charge in [-0.05, 0) is 43.0 Å². The molecule has 0 spiro atoms. The highest BCUT2D eigenvalue weighted by Crippen LogP contribution is 2.40. The lowest BCUT2D eigenvalue weighted by Gasteiger charge is -2.31. The minimum Gasteiger partial charge on any atom is -0.496 e. The molecule has 1 amide bonds. The highest BCUT2D eigenvalue weighted by molar-refractivity contribution is 5.82. The van der Waals surface area contributed by atoms with Crippen LogP contribution in [0.3, 0.4) is 0 Å². The molecule has 0 radical (unpaired) electrons. The zero-order valence-corrected chi connectivity index (χ0v) is 19.1. The van der Waals surface area contributed by atoms with Crippen molar-refractivity contribution in [2.45, 2.75) is 25.8 Å². The van der Waals surface area contributed by atoms with Crippen LogP contribution in [0.15, 0.2) is 42.5 Å². The molecule has 7 heteroatoms. The molecule has 172 valence electrons. The first-order valence-corrected chi connectivity index (χ1v) is 10.7. The summed E-state index contributed by atoms with van der Waals surface area (Å²) in [6, 6.07) is 9.80. The van der Waals surface area contributed by atoms with Gasteiger partial charge < -0.3 is 19.5 Å². The smallest absolute Gasteiger partial charge is 0.237 e. The monoisotopic (exact) mass is 442 g/mol. The maximum Gasteiger partial charge on any atom is 0.237 e. The molecule has 2 aromatic carbocycles. The average Bonchev–Trinajstić information content (AvgIpc) is 2.83. The van der Waals surface area contributed by atoms with Gasteiger partial charge in [0.25, 0.3) is 0 Å². The van der Waals surface area contributed by atoms with Crippen molar-refractivity contribution < 1.29 is 23.4 Å². The van der Waals surface area contributed by atoms with Gasteiger partial charge in [-0.3, -0.25) is 9.69 Å². The fourth-order valence-corrected chi connectivity index (χ4v) is 3.88. The number of nitrogens with one attached hydrogen (secondary N) is 1. The lowest BCUT2D eigenvalue weighted by atomic mass is 9.96. The van der Waals surface area contributed by atoms with Crippen molar-refractivity contribution in [2.75, 3.05) is 41.0 Å². The van der Waals surface area contributed by atoms with Crippen LogP contribution >= 0.6 is 0 Å². The van der Waals surface area contributed by atoms with Crippen molar-refractivity contribution in [3.05, 3.63) is 59.4 Å². The van der Waals surface area contributed by atoms with Gasteiger partial charge in [-0.1, -0.05) is 18.2 Å². The summed E-state index contributed by atoms with van der Waals surface area (Å²) in [4.78, 5) is 14.8. The van der Waals surface area contributed by atoms with E-state index in [4.69, 9.17) is 14.2 Å². The van der Waals surface area contributed by atoms with Gasteiger partial charge in [-0.15, -0.1) is 0 Å². The Labute approximate surface area is 189 Å². The molecule has 0 unspecified atom stereocenters. The van der Waals surface area contributed by atoms with E-state index >= 15 is 0 Å². The van der Waals surface area contributed by atoms with Gasteiger partial charge in [-0.25, -0.2) is 4.39 Å². The number of ether oxygens (including phenoxy) is 3. The first-order valence-electron chi connectivity index (χ1n) is 10.7. The minimum atomic E-state index is -0.256. The summed E-state index contributed by atoms with van der Waals surface area (Å²) >= 11 is 0. The van der Waals surface area contributed by atoms with Crippen LogP contribution in [0, 0.1) is 5.82 Å². The molecule has 0 aromatic heterocycles. The third-order valence-electron chi connectivity index (χ3n) is 5.83. The van der Waals surface area contributed by atoms with E-state index in [2.05, 4.69) is 16.3 Å². The quantitative estimate of drug-likeness (QED) is 0.642. The van der Waals surface area contributed by atoms with Gasteiger partial charge in [0.05, 0.1) is 32.9 Å². The van der Waals surface area contributed by atoms with Gasteiger partial charge >= 0.3 is 0 Å². The number of hydrogen-bond acceptors (Lipinski definition) is 5. The molecule has 0 saturated heterocycles. The molecule has 1 N–H and O–H groups in total. The topological polar surface area (TPSA) is 60.0 Å². The van der Waals surface area contributed by atoms with E-state index in [1.807, 2.05) is 19.1 Å². The number of hydrogen-bond donors (Lipinski definition) is 1. The first-order chi connectivity index (χ1) is 15.5. The molecule has 3 rings (SSSR count). The molecule has 32 heavy (non-hydrogen) atoms. The molecule has 0 fully saturated rings. The summed E-state index contributed by atoms with van der Waals surface area (Å²) in [6.07, 6.45) is 3.56. The third-order valence-corrected chi connectivity index (χ3v) is 5.83. The van der Waals surface area contributed by atoms with Crippen molar-refractivity contribution in [1.82, 2.24) is 10.2 Å². The number of carbonyl (C=O) groups excluding carboxylic acids is 1. The summed E-state index contributed by atoms with van der Waals surface area (Å²) in [6.45, 7) is 3.83. The Balaban J connectivity index is 1.60. The van der Waals surface area contributed by atoms with E-state index in [1.165, 1.54) is 12.1 Å². The SMILES string of the molecule is COc1cc(OC)c(C2=CCN([C@@H](C)C(=O)NCCc3ccc(F)cc3)CC2)c(OC)c1. The zero-order valence-electron chi connectivity index (χ0n) is 19.1. The Morgan fingerprint density at radius 1 is 1.09 bits per heavy atom. The molecular formula is C25H31FN2O4. The zero-order chi connectivity index (χ0) is 23.1. The van der Waals surface area contributed by atoms with Crippen molar-refractivity contribution in [2.24, 2.45) is 0 Å². The number of nitrogens with zero attached hydrogens (tertiary/aromatic N) is 1. The molecule has 1 atom stereocenters. The Bertz CT molecular complexity index is 934. The van der Waals surface area contributed by atoms with Gasteiger partial charge in [0.15, 0.2) is 0 Å². The number of amides is 1. The van der Waals surface area contributed by atoms with Crippen molar-refractivity contribution in [3.8, 4) is 17.2 Å². The van der Waals surface area contributed by atoms with Crippen LogP contribution in [-0.2, 0) is 11.2 Å². The van der Waals surface area contributed by atoms with Crippen LogP contribution in [0.2, 0.25) is 0 Å². The number of benzene rings is 2. The standard InChI is InChI=1S/C25H31FN2O4/c1-17(25(29)27-12-9-18-5-7-20(26)8-6-18)28-13-10-19(11-14-28)24-22(31-3)15-21(30-2)16-23(24)32-4/h5-8,10,15-17H,9,11-14H2,1-4H3,(H,27,29)/t17-/m0/s1. The Morgan fingerprint density at radius 3 is 2.28 bits per heavy atom. The van der Waals surface area contributed by atoms with E-state index in [0.717, 1.165) is 29.7 Å². The molecule has 6 nitrogen and oxygen atoms in total. The lowest BCUT2D eigenvalue weighted by molar-refractivity contribution is -0.125. The van der Waals surface area contributed by atoms with Crippen LogP contribution < -0.4 is 19.5 Å². The first kappa shape index (κ1) is 23.6. The summed E-state index contributed by atoms with van der Waals surface area (Å²) in [5.74, 6) is 1.81. The molecule has 0 aliphatic carbocycles. The van der Waals surface area contributed by atoms with Crippen molar-refractivity contribution in [1.29, 1.82) is 0 Å². The van der Waals surface area contributed by atoms with Gasteiger partial charge in [-0.2, -0.15) is 0 Å². The van der Waals surface area contributed by atoms with E-state index in [1.54, 1.807) is 33.5 Å². The lowest BCUT2D eigenvalue weighted by Crippen LogP contribution is -2.47. The molecule has 1 heterocycles. The molecule has 2 aromatic rings. The van der Waals surface area contributed by atoms with Gasteiger partial charge in [0.2, 0.25) is 5.91 Å². The number of carbonyl (C=O) groups is 1. The van der Waals surface area contributed by atoms with E-state index in [0.29, 0.717) is 36.8 Å². The Hall–Kier alpha value is -3.06. The third kappa shape index (κ3) is 5.59. The highest BCUT2D eigenvalue weighted by atomic mass is 19.1. The minimum absolute atomic E-state index is 0.0106. The van der Waals surface area contributed by atoms with E-state index < -0.39 is 0 Å². The fourth-order valence-electron chi connectivity index (χ4n) is 3.88. The normalized spacial score (nSPS) is 15.0. The van der Waals surface area contributed by atoms with Crippen LogP contribution in [0.25, 0.3) is 5.57 Å². The van der Waals surface area contributed by atoms with Crippen molar-refractivity contribution in [3.63, 3.8) is 0 Å². The number of halogens is 1. The summed E-state index contributed by atoms with van der Waals surface area (Å²) < 4.78 is 29.5. The maximum atomic E-state index is 13.0. The van der Waals surface area contributed by atoms with Crippen LogP contribution in [0.4, 0.5) is 4.39 Å². The fraction of sp³-hybridized carbons (Fsp3) is 0.400.